The zero-order valence-electron chi connectivity index (χ0n) is 9.88. The fourth-order valence-electron chi connectivity index (χ4n) is 1.70. The second-order valence-electron chi connectivity index (χ2n) is 3.90. The van der Waals surface area contributed by atoms with Crippen molar-refractivity contribution in [3.05, 3.63) is 59.5 Å². The number of benzene rings is 1. The second-order valence-corrected chi connectivity index (χ2v) is 3.90. The van der Waals surface area contributed by atoms with Crippen LogP contribution in [-0.4, -0.2) is 5.91 Å². The van der Waals surface area contributed by atoms with Crippen molar-refractivity contribution < 1.29 is 9.21 Å². The summed E-state index contributed by atoms with van der Waals surface area (Å²) in [5.41, 5.74) is 2.18. The summed E-state index contributed by atoms with van der Waals surface area (Å²) >= 11 is 0. The molecule has 0 unspecified atom stereocenters. The van der Waals surface area contributed by atoms with Crippen molar-refractivity contribution in [2.24, 2.45) is 0 Å². The van der Waals surface area contributed by atoms with E-state index >= 15 is 0 Å². The molecule has 0 aliphatic heterocycles. The van der Waals surface area contributed by atoms with Gasteiger partial charge in [0.2, 0.25) is 0 Å². The summed E-state index contributed by atoms with van der Waals surface area (Å²) in [6.45, 7) is 1.91. The van der Waals surface area contributed by atoms with Gasteiger partial charge in [-0.15, -0.1) is 0 Å². The number of amides is 1. The van der Waals surface area contributed by atoms with E-state index in [4.69, 9.17) is 9.68 Å². The highest BCUT2D eigenvalue weighted by atomic mass is 16.3. The predicted octanol–water partition coefficient (Wildman–Crippen LogP) is 2.58. The lowest BCUT2D eigenvalue weighted by Crippen LogP contribution is -2.27. The van der Waals surface area contributed by atoms with Crippen molar-refractivity contribution in [1.82, 2.24) is 5.32 Å². The number of nitrogens with zero attached hydrogens (tertiary/aromatic N) is 1. The number of hydrogen-bond acceptors (Lipinski definition) is 3. The number of carbonyl (C=O) groups excluding carboxylic acids is 1. The van der Waals surface area contributed by atoms with Crippen molar-refractivity contribution in [2.45, 2.75) is 13.0 Å². The number of hydrogen-bond donors (Lipinski definition) is 1. The van der Waals surface area contributed by atoms with Crippen LogP contribution in [-0.2, 0) is 0 Å². The highest BCUT2D eigenvalue weighted by Crippen LogP contribution is 2.17. The predicted molar refractivity (Wildman–Crippen MR) is 65.7 cm³/mol. The fourth-order valence-corrected chi connectivity index (χ4v) is 1.70. The Hall–Kier alpha value is -2.54. The molecule has 0 fully saturated rings. The Morgan fingerprint density at radius 2 is 2.17 bits per heavy atom. The first kappa shape index (κ1) is 11.9. The lowest BCUT2D eigenvalue weighted by Gasteiger charge is -2.13. The zero-order chi connectivity index (χ0) is 13.0. The molecule has 0 radical (unpaired) electrons. The number of carbonyl (C=O) groups is 1. The van der Waals surface area contributed by atoms with Crippen LogP contribution in [0.2, 0.25) is 0 Å². The van der Waals surface area contributed by atoms with Crippen LogP contribution in [0.4, 0.5) is 0 Å². The van der Waals surface area contributed by atoms with Gasteiger partial charge in [0.1, 0.15) is 12.3 Å². The zero-order valence-corrected chi connectivity index (χ0v) is 9.88. The third kappa shape index (κ3) is 2.41. The molecule has 0 saturated carbocycles. The van der Waals surface area contributed by atoms with Crippen molar-refractivity contribution in [3.8, 4) is 6.07 Å². The quantitative estimate of drug-likeness (QED) is 0.896. The minimum absolute atomic E-state index is 0.321. The fraction of sp³-hybridized carbons (Fsp3) is 0.143. The molecule has 4 heteroatoms. The van der Waals surface area contributed by atoms with Gasteiger partial charge in [0.15, 0.2) is 0 Å². The first-order chi connectivity index (χ1) is 8.72. The molecule has 0 aliphatic carbocycles. The first-order valence-electron chi connectivity index (χ1n) is 5.50. The maximum absolute atomic E-state index is 11.8. The molecule has 4 nitrogen and oxygen atoms in total. The average Bonchev–Trinajstić information content (AvgIpc) is 2.90. The molecule has 1 amide bonds. The van der Waals surface area contributed by atoms with Gasteiger partial charge in [-0.05, 0) is 24.1 Å². The van der Waals surface area contributed by atoms with Gasteiger partial charge in [-0.1, -0.05) is 24.3 Å². The summed E-state index contributed by atoms with van der Waals surface area (Å²) in [5.74, 6) is -0.321. The Morgan fingerprint density at radius 1 is 1.39 bits per heavy atom. The number of furan rings is 1. The van der Waals surface area contributed by atoms with E-state index in [-0.39, 0.29) is 5.91 Å². The highest BCUT2D eigenvalue weighted by molar-refractivity contribution is 5.94. The van der Waals surface area contributed by atoms with Crippen LogP contribution in [0.3, 0.4) is 0 Å². The average molecular weight is 240 g/mol. The van der Waals surface area contributed by atoms with E-state index in [9.17, 15) is 4.79 Å². The molecular weight excluding hydrogens is 228 g/mol. The van der Waals surface area contributed by atoms with Crippen LogP contribution in [0.5, 0.6) is 0 Å². The molecule has 1 N–H and O–H groups in total. The van der Waals surface area contributed by atoms with Gasteiger partial charge >= 0.3 is 0 Å². The Bertz CT molecular complexity index is 582. The van der Waals surface area contributed by atoms with E-state index in [0.717, 1.165) is 11.1 Å². The lowest BCUT2D eigenvalue weighted by molar-refractivity contribution is 0.0944. The minimum Gasteiger partial charge on any atom is -0.472 e. The maximum Gasteiger partial charge on any atom is 0.255 e. The lowest BCUT2D eigenvalue weighted by atomic mass is 10.0. The van der Waals surface area contributed by atoms with Crippen LogP contribution in [0.15, 0.2) is 47.3 Å². The normalized spacial score (nSPS) is 11.6. The van der Waals surface area contributed by atoms with E-state index in [0.29, 0.717) is 5.56 Å². The topological polar surface area (TPSA) is 66.0 Å². The molecule has 0 spiro atoms. The number of aryl methyl sites for hydroxylation is 1. The van der Waals surface area contributed by atoms with Gasteiger partial charge in [0.05, 0.1) is 17.9 Å². The van der Waals surface area contributed by atoms with Crippen molar-refractivity contribution in [2.75, 3.05) is 0 Å². The number of nitriles is 1. The summed E-state index contributed by atoms with van der Waals surface area (Å²) < 4.78 is 4.84. The van der Waals surface area contributed by atoms with Crippen molar-refractivity contribution in [1.29, 1.82) is 5.26 Å². The number of nitrogens with one attached hydrogen (secondary N) is 1. The van der Waals surface area contributed by atoms with Gasteiger partial charge < -0.3 is 9.73 Å². The van der Waals surface area contributed by atoms with Gasteiger partial charge in [-0.2, -0.15) is 5.26 Å². The number of rotatable bonds is 3. The Labute approximate surface area is 105 Å². The summed E-state index contributed by atoms with van der Waals surface area (Å²) in [6.07, 6.45) is 2.77. The molecule has 18 heavy (non-hydrogen) atoms. The second kappa shape index (κ2) is 5.19. The molecule has 2 rings (SSSR count). The summed E-state index contributed by atoms with van der Waals surface area (Å²) in [6, 6.07) is 10.5. The Balaban J connectivity index is 2.19. The monoisotopic (exact) mass is 240 g/mol. The highest BCUT2D eigenvalue weighted by Gasteiger charge is 2.16. The van der Waals surface area contributed by atoms with E-state index in [2.05, 4.69) is 11.4 Å². The minimum atomic E-state index is -0.659. The Kier molecular flexibility index (Phi) is 3.44. The van der Waals surface area contributed by atoms with E-state index in [1.807, 2.05) is 31.2 Å². The molecule has 0 aliphatic rings. The molecule has 1 aromatic carbocycles. The molecule has 0 saturated heterocycles. The molecule has 1 aromatic heterocycles. The van der Waals surface area contributed by atoms with Gasteiger partial charge in [0, 0.05) is 0 Å². The summed E-state index contributed by atoms with van der Waals surface area (Å²) in [7, 11) is 0. The summed E-state index contributed by atoms with van der Waals surface area (Å²) in [5, 5.41) is 11.8. The molecule has 90 valence electrons. The third-order valence-corrected chi connectivity index (χ3v) is 2.69. The van der Waals surface area contributed by atoms with Crippen molar-refractivity contribution >= 4 is 5.91 Å². The largest absolute Gasteiger partial charge is 0.472 e. The van der Waals surface area contributed by atoms with E-state index < -0.39 is 6.04 Å². The van der Waals surface area contributed by atoms with Gasteiger partial charge in [-0.3, -0.25) is 4.79 Å². The first-order valence-corrected chi connectivity index (χ1v) is 5.50. The maximum atomic E-state index is 11.8. The van der Waals surface area contributed by atoms with E-state index in [1.165, 1.54) is 12.5 Å². The van der Waals surface area contributed by atoms with Gasteiger partial charge in [0.25, 0.3) is 5.91 Å². The summed E-state index contributed by atoms with van der Waals surface area (Å²) in [4.78, 5) is 11.8. The van der Waals surface area contributed by atoms with E-state index in [1.54, 1.807) is 6.07 Å². The SMILES string of the molecule is Cc1ccccc1[C@H](C#N)NC(=O)c1ccoc1. The van der Waals surface area contributed by atoms with Crippen LogP contribution in [0, 0.1) is 18.3 Å². The smallest absolute Gasteiger partial charge is 0.255 e. The van der Waals surface area contributed by atoms with Crippen molar-refractivity contribution in [3.63, 3.8) is 0 Å². The standard InChI is InChI=1S/C14H12N2O2/c1-10-4-2-3-5-12(10)13(8-15)16-14(17)11-6-7-18-9-11/h2-7,9,13H,1H3,(H,16,17)/t13-/m0/s1. The molecule has 0 bridgehead atoms. The molecule has 2 aromatic rings. The van der Waals surface area contributed by atoms with Crippen LogP contribution in [0.25, 0.3) is 0 Å². The molecule has 1 heterocycles. The molecular formula is C14H12N2O2. The van der Waals surface area contributed by atoms with Crippen LogP contribution in [0.1, 0.15) is 27.5 Å². The molecule has 1 atom stereocenters. The van der Waals surface area contributed by atoms with Crippen LogP contribution < -0.4 is 5.32 Å². The third-order valence-electron chi connectivity index (χ3n) is 2.69. The Morgan fingerprint density at radius 3 is 2.78 bits per heavy atom. The van der Waals surface area contributed by atoms with Crippen LogP contribution >= 0.6 is 0 Å². The van der Waals surface area contributed by atoms with Gasteiger partial charge in [-0.25, -0.2) is 0 Å².